The summed E-state index contributed by atoms with van der Waals surface area (Å²) in [5, 5.41) is 0.0379. The summed E-state index contributed by atoms with van der Waals surface area (Å²) < 4.78 is 18.9. The van der Waals surface area contributed by atoms with Crippen molar-refractivity contribution >= 4 is 9.73 Å². The molecule has 0 aliphatic rings. The third kappa shape index (κ3) is 5.75. The van der Waals surface area contributed by atoms with Crippen molar-refractivity contribution in [1.29, 1.82) is 0 Å². The summed E-state index contributed by atoms with van der Waals surface area (Å²) in [6.45, 7) is 28.4. The van der Waals surface area contributed by atoms with Gasteiger partial charge in [0, 0.05) is 10.00 Å². The molecule has 0 amide bonds. The molecule has 0 saturated heterocycles. The second kappa shape index (κ2) is 7.29. The Morgan fingerprint density at radius 2 is 1.29 bits per heavy atom. The standard InChI is InChI=1S/C21H45NOS/c1-14-16(2)20(10,11)15-21(12,13)22-24(23,19(7,8)9)17(3)18(4,5)6/h16-17H,14-15H2,1-13H3. The Morgan fingerprint density at radius 3 is 1.58 bits per heavy atom. The van der Waals surface area contributed by atoms with Crippen molar-refractivity contribution < 1.29 is 4.21 Å². The molecule has 0 rings (SSSR count). The quantitative estimate of drug-likeness (QED) is 0.505. The molecule has 0 aromatic rings. The third-order valence-electron chi connectivity index (χ3n) is 5.79. The Hall–Kier alpha value is -0.0500. The molecule has 0 aliphatic carbocycles. The van der Waals surface area contributed by atoms with Gasteiger partial charge in [-0.25, -0.2) is 8.57 Å². The minimum absolute atomic E-state index is 0.0316. The van der Waals surface area contributed by atoms with Gasteiger partial charge >= 0.3 is 0 Å². The molecular weight excluding hydrogens is 314 g/mol. The van der Waals surface area contributed by atoms with Gasteiger partial charge in [0.2, 0.25) is 0 Å². The highest BCUT2D eigenvalue weighted by molar-refractivity contribution is 7.95. The Labute approximate surface area is 153 Å². The maximum absolute atomic E-state index is 14.1. The van der Waals surface area contributed by atoms with Crippen LogP contribution in [0, 0.1) is 16.7 Å². The fourth-order valence-corrected chi connectivity index (χ4v) is 6.72. The summed E-state index contributed by atoms with van der Waals surface area (Å²) in [7, 11) is -2.38. The first-order chi connectivity index (χ1) is 10.3. The first-order valence-electron chi connectivity index (χ1n) is 9.57. The Kier molecular flexibility index (Phi) is 7.27. The van der Waals surface area contributed by atoms with Crippen molar-refractivity contribution in [2.75, 3.05) is 0 Å². The average Bonchev–Trinajstić information content (AvgIpc) is 2.31. The Bertz CT molecular complexity index is 523. The van der Waals surface area contributed by atoms with E-state index in [4.69, 9.17) is 4.36 Å². The second-order valence-corrected chi connectivity index (χ2v) is 14.3. The minimum Gasteiger partial charge on any atom is -0.249 e. The van der Waals surface area contributed by atoms with Crippen LogP contribution in [0.3, 0.4) is 0 Å². The number of rotatable bonds is 6. The van der Waals surface area contributed by atoms with Crippen LogP contribution >= 0.6 is 0 Å². The highest BCUT2D eigenvalue weighted by Crippen LogP contribution is 2.41. The Morgan fingerprint density at radius 1 is 0.875 bits per heavy atom. The molecule has 0 heterocycles. The molecule has 0 aromatic heterocycles. The van der Waals surface area contributed by atoms with E-state index in [0.717, 1.165) is 12.8 Å². The van der Waals surface area contributed by atoms with Gasteiger partial charge in [-0.15, -0.1) is 0 Å². The van der Waals surface area contributed by atoms with Gasteiger partial charge in [0.25, 0.3) is 0 Å². The van der Waals surface area contributed by atoms with Gasteiger partial charge in [-0.05, 0) is 64.7 Å². The molecule has 3 heteroatoms. The van der Waals surface area contributed by atoms with Crippen molar-refractivity contribution in [2.24, 2.45) is 21.1 Å². The van der Waals surface area contributed by atoms with Crippen molar-refractivity contribution in [1.82, 2.24) is 0 Å². The Balaban J connectivity index is 6.12. The van der Waals surface area contributed by atoms with E-state index in [-0.39, 0.29) is 26.4 Å². The third-order valence-corrected chi connectivity index (χ3v) is 9.98. The van der Waals surface area contributed by atoms with Gasteiger partial charge in [-0.3, -0.25) is 0 Å². The minimum atomic E-state index is -2.38. The van der Waals surface area contributed by atoms with Gasteiger partial charge < -0.3 is 0 Å². The molecule has 3 unspecified atom stereocenters. The van der Waals surface area contributed by atoms with Crippen molar-refractivity contribution in [3.63, 3.8) is 0 Å². The molecule has 2 nitrogen and oxygen atoms in total. The summed E-state index contributed by atoms with van der Waals surface area (Å²) >= 11 is 0. The first kappa shape index (κ1) is 23.9. The molecule has 0 N–H and O–H groups in total. The average molecular weight is 360 g/mol. The predicted molar refractivity (Wildman–Crippen MR) is 111 cm³/mol. The maximum atomic E-state index is 14.1. The highest BCUT2D eigenvalue weighted by Gasteiger charge is 2.41. The molecule has 146 valence electrons. The fourth-order valence-electron chi connectivity index (χ4n) is 3.47. The van der Waals surface area contributed by atoms with Crippen LogP contribution in [0.25, 0.3) is 0 Å². The topological polar surface area (TPSA) is 29.4 Å². The van der Waals surface area contributed by atoms with Crippen LogP contribution in [-0.2, 0) is 9.73 Å². The van der Waals surface area contributed by atoms with Crippen molar-refractivity contribution in [3.8, 4) is 0 Å². The van der Waals surface area contributed by atoms with E-state index in [0.29, 0.717) is 5.92 Å². The van der Waals surface area contributed by atoms with Crippen LogP contribution in [0.4, 0.5) is 0 Å². The van der Waals surface area contributed by atoms with Crippen molar-refractivity contribution in [2.45, 2.75) is 118 Å². The first-order valence-corrected chi connectivity index (χ1v) is 11.1. The molecule has 0 spiro atoms. The second-order valence-electron chi connectivity index (χ2n) is 11.1. The van der Waals surface area contributed by atoms with E-state index in [1.54, 1.807) is 0 Å². The number of hydrogen-bond donors (Lipinski definition) is 0. The lowest BCUT2D eigenvalue weighted by molar-refractivity contribution is 0.167. The van der Waals surface area contributed by atoms with Gasteiger partial charge in [-0.1, -0.05) is 54.9 Å². The summed E-state index contributed by atoms with van der Waals surface area (Å²) in [6.07, 6.45) is 2.12. The smallest absolute Gasteiger partial charge is 0.0651 e. The van der Waals surface area contributed by atoms with E-state index < -0.39 is 9.73 Å². The molecule has 0 fully saturated rings. The fraction of sp³-hybridized carbons (Fsp3) is 1.00. The zero-order chi connectivity index (χ0) is 19.8. The van der Waals surface area contributed by atoms with E-state index in [1.807, 2.05) is 0 Å². The predicted octanol–water partition coefficient (Wildman–Crippen LogP) is 6.93. The van der Waals surface area contributed by atoms with Crippen molar-refractivity contribution in [3.05, 3.63) is 0 Å². The van der Waals surface area contributed by atoms with Crippen LogP contribution < -0.4 is 0 Å². The molecular formula is C21H45NOS. The molecule has 0 aliphatic heterocycles. The molecule has 0 bridgehead atoms. The normalized spacial score (nSPS) is 19.5. The highest BCUT2D eigenvalue weighted by atomic mass is 32.2. The van der Waals surface area contributed by atoms with Gasteiger partial charge in [0.05, 0.1) is 15.3 Å². The van der Waals surface area contributed by atoms with Gasteiger partial charge in [0.15, 0.2) is 0 Å². The zero-order valence-electron chi connectivity index (χ0n) is 18.8. The summed E-state index contributed by atoms with van der Waals surface area (Å²) in [5.41, 5.74) is -0.141. The molecule has 0 saturated carbocycles. The van der Waals surface area contributed by atoms with Gasteiger partial charge in [-0.2, -0.15) is 0 Å². The lowest BCUT2D eigenvalue weighted by atomic mass is 9.71. The lowest BCUT2D eigenvalue weighted by Gasteiger charge is -2.41. The summed E-state index contributed by atoms with van der Waals surface area (Å²) in [6, 6.07) is 0. The molecule has 3 atom stereocenters. The molecule has 0 radical (unpaired) electrons. The van der Waals surface area contributed by atoms with Crippen LogP contribution in [0.15, 0.2) is 4.36 Å². The lowest BCUT2D eigenvalue weighted by Crippen LogP contribution is -2.44. The van der Waals surface area contributed by atoms with E-state index in [2.05, 4.69) is 90.0 Å². The van der Waals surface area contributed by atoms with E-state index in [1.165, 1.54) is 0 Å². The van der Waals surface area contributed by atoms with E-state index in [9.17, 15) is 4.21 Å². The molecule has 0 aromatic carbocycles. The van der Waals surface area contributed by atoms with Crippen LogP contribution in [0.5, 0.6) is 0 Å². The zero-order valence-corrected chi connectivity index (χ0v) is 19.6. The van der Waals surface area contributed by atoms with Gasteiger partial charge in [0.1, 0.15) is 0 Å². The molecule has 24 heavy (non-hydrogen) atoms. The largest absolute Gasteiger partial charge is 0.249 e. The SMILES string of the molecule is CCC(C)C(C)(C)CC(C)(C)N=S(=O)(C(C)C(C)(C)C)C(C)(C)C. The monoisotopic (exact) mass is 359 g/mol. The maximum Gasteiger partial charge on any atom is 0.0651 e. The van der Waals surface area contributed by atoms with E-state index >= 15 is 0 Å². The van der Waals surface area contributed by atoms with Crippen LogP contribution in [0.2, 0.25) is 0 Å². The van der Waals surface area contributed by atoms with Crippen LogP contribution in [0.1, 0.15) is 103 Å². The van der Waals surface area contributed by atoms with Crippen LogP contribution in [-0.4, -0.2) is 19.7 Å². The number of nitrogens with zero attached hydrogens (tertiary/aromatic N) is 1. The summed E-state index contributed by atoms with van der Waals surface area (Å²) in [5.74, 6) is 0.623. The summed E-state index contributed by atoms with van der Waals surface area (Å²) in [4.78, 5) is 0. The number of hydrogen-bond acceptors (Lipinski definition) is 2.